The molecule has 0 fully saturated rings. The molecule has 0 unspecified atom stereocenters. The van der Waals surface area contributed by atoms with Crippen LogP contribution in [-0.4, -0.2) is 22.0 Å². The molecule has 0 radical (unpaired) electrons. The molecule has 30 heavy (non-hydrogen) atoms. The number of urea groups is 1. The molecule has 0 bridgehead atoms. The largest absolute Gasteiger partial charge is 0.508 e. The highest BCUT2D eigenvalue weighted by atomic mass is 32.1. The maximum atomic E-state index is 12.3. The van der Waals surface area contributed by atoms with Crippen molar-refractivity contribution in [3.63, 3.8) is 0 Å². The van der Waals surface area contributed by atoms with Crippen LogP contribution >= 0.6 is 11.3 Å². The number of phenols is 1. The molecule has 0 aliphatic carbocycles. The van der Waals surface area contributed by atoms with Crippen molar-refractivity contribution in [1.29, 1.82) is 0 Å². The summed E-state index contributed by atoms with van der Waals surface area (Å²) in [6.45, 7) is 0.446. The standard InChI is InChI=1S/C22H18N4O3S/c27-17-10-11-18-19(12-17)30-22(25-18)26-21(29)24-16-8-6-15(7-9-16)20(28)23-13-14-4-2-1-3-5-14/h1-12,27H,13H2,(H,23,28)(H2,24,25,26,29). The summed E-state index contributed by atoms with van der Waals surface area (Å²) in [7, 11) is 0. The van der Waals surface area contributed by atoms with Crippen LogP contribution < -0.4 is 16.0 Å². The van der Waals surface area contributed by atoms with Gasteiger partial charge in [-0.25, -0.2) is 9.78 Å². The molecule has 3 amide bonds. The number of fused-ring (bicyclic) bond motifs is 1. The number of amides is 3. The van der Waals surface area contributed by atoms with Crippen LogP contribution in [0.3, 0.4) is 0 Å². The van der Waals surface area contributed by atoms with Crippen LogP contribution in [0.4, 0.5) is 15.6 Å². The number of aromatic hydroxyl groups is 1. The Labute approximate surface area is 176 Å². The first kappa shape index (κ1) is 19.4. The van der Waals surface area contributed by atoms with E-state index in [0.717, 1.165) is 10.3 Å². The Balaban J connectivity index is 1.33. The van der Waals surface area contributed by atoms with E-state index >= 15 is 0 Å². The number of carbonyl (C=O) groups is 2. The molecular weight excluding hydrogens is 400 g/mol. The fourth-order valence-electron chi connectivity index (χ4n) is 2.81. The summed E-state index contributed by atoms with van der Waals surface area (Å²) >= 11 is 1.26. The van der Waals surface area contributed by atoms with E-state index in [1.54, 1.807) is 42.5 Å². The fraction of sp³-hybridized carbons (Fsp3) is 0.0455. The number of anilines is 2. The van der Waals surface area contributed by atoms with E-state index in [0.29, 0.717) is 28.4 Å². The maximum absolute atomic E-state index is 12.3. The average molecular weight is 418 g/mol. The Morgan fingerprint density at radius 1 is 0.933 bits per heavy atom. The summed E-state index contributed by atoms with van der Waals surface area (Å²) in [5.74, 6) is -0.0392. The number of hydrogen-bond donors (Lipinski definition) is 4. The van der Waals surface area contributed by atoms with Crippen LogP contribution in [0.15, 0.2) is 72.8 Å². The van der Waals surface area contributed by atoms with Gasteiger partial charge in [0.2, 0.25) is 0 Å². The highest BCUT2D eigenvalue weighted by Crippen LogP contribution is 2.28. The van der Waals surface area contributed by atoms with Gasteiger partial charge in [0.25, 0.3) is 5.91 Å². The van der Waals surface area contributed by atoms with Crippen molar-refractivity contribution in [2.24, 2.45) is 0 Å². The first-order chi connectivity index (χ1) is 14.6. The lowest BCUT2D eigenvalue weighted by atomic mass is 10.2. The molecule has 4 aromatic rings. The molecule has 8 heteroatoms. The molecule has 0 aliphatic heterocycles. The Bertz CT molecular complexity index is 1190. The van der Waals surface area contributed by atoms with Gasteiger partial charge >= 0.3 is 6.03 Å². The smallest absolute Gasteiger partial charge is 0.325 e. The minimum Gasteiger partial charge on any atom is -0.508 e. The van der Waals surface area contributed by atoms with E-state index in [9.17, 15) is 14.7 Å². The number of phenolic OH excluding ortho intramolecular Hbond substituents is 1. The molecule has 0 saturated carbocycles. The molecule has 150 valence electrons. The number of nitrogens with zero attached hydrogens (tertiary/aromatic N) is 1. The number of hydrogen-bond acceptors (Lipinski definition) is 5. The van der Waals surface area contributed by atoms with Gasteiger partial charge in [-0.3, -0.25) is 10.1 Å². The van der Waals surface area contributed by atoms with Crippen LogP contribution in [0.1, 0.15) is 15.9 Å². The second kappa shape index (κ2) is 8.62. The minimum atomic E-state index is -0.445. The molecule has 4 N–H and O–H groups in total. The summed E-state index contributed by atoms with van der Waals surface area (Å²) in [5, 5.41) is 18.2. The van der Waals surface area contributed by atoms with Gasteiger partial charge in [-0.1, -0.05) is 41.7 Å². The van der Waals surface area contributed by atoms with Gasteiger partial charge in [0.15, 0.2) is 5.13 Å². The number of carbonyl (C=O) groups excluding carboxylic acids is 2. The lowest BCUT2D eigenvalue weighted by Gasteiger charge is -2.08. The molecule has 1 heterocycles. The first-order valence-electron chi connectivity index (χ1n) is 9.16. The normalized spacial score (nSPS) is 10.5. The fourth-order valence-corrected chi connectivity index (χ4v) is 3.71. The summed E-state index contributed by atoms with van der Waals surface area (Å²) in [6.07, 6.45) is 0. The van der Waals surface area contributed by atoms with Gasteiger partial charge < -0.3 is 15.7 Å². The monoisotopic (exact) mass is 418 g/mol. The van der Waals surface area contributed by atoms with E-state index < -0.39 is 6.03 Å². The topological polar surface area (TPSA) is 103 Å². The highest BCUT2D eigenvalue weighted by molar-refractivity contribution is 7.22. The molecule has 0 spiro atoms. The first-order valence-corrected chi connectivity index (χ1v) is 9.98. The van der Waals surface area contributed by atoms with Crippen LogP contribution in [0, 0.1) is 0 Å². The van der Waals surface area contributed by atoms with Gasteiger partial charge in [0.05, 0.1) is 10.2 Å². The van der Waals surface area contributed by atoms with E-state index in [1.165, 1.54) is 11.3 Å². The molecule has 0 atom stereocenters. The summed E-state index contributed by atoms with van der Waals surface area (Å²) in [6, 6.07) is 20.7. The molecular formula is C22H18N4O3S. The lowest BCUT2D eigenvalue weighted by Crippen LogP contribution is -2.23. The summed E-state index contributed by atoms with van der Waals surface area (Å²) in [4.78, 5) is 28.8. The predicted molar refractivity (Wildman–Crippen MR) is 118 cm³/mol. The number of thiazole rings is 1. The molecule has 7 nitrogen and oxygen atoms in total. The minimum absolute atomic E-state index is 0.148. The Morgan fingerprint density at radius 3 is 2.47 bits per heavy atom. The highest BCUT2D eigenvalue weighted by Gasteiger charge is 2.10. The quantitative estimate of drug-likeness (QED) is 0.381. The maximum Gasteiger partial charge on any atom is 0.325 e. The van der Waals surface area contributed by atoms with Gasteiger partial charge in [-0.15, -0.1) is 0 Å². The molecule has 3 aromatic carbocycles. The zero-order valence-electron chi connectivity index (χ0n) is 15.8. The van der Waals surface area contributed by atoms with Crippen molar-refractivity contribution < 1.29 is 14.7 Å². The predicted octanol–water partition coefficient (Wildman–Crippen LogP) is 4.58. The van der Waals surface area contributed by atoms with Crippen molar-refractivity contribution in [3.8, 4) is 5.75 Å². The van der Waals surface area contributed by atoms with E-state index in [4.69, 9.17) is 0 Å². The number of aromatic nitrogens is 1. The zero-order valence-corrected chi connectivity index (χ0v) is 16.6. The SMILES string of the molecule is O=C(Nc1ccc(C(=O)NCc2ccccc2)cc1)Nc1nc2ccc(O)cc2s1. The van der Waals surface area contributed by atoms with Gasteiger partial charge in [0, 0.05) is 17.8 Å². The summed E-state index contributed by atoms with van der Waals surface area (Å²) in [5.41, 5.74) is 2.76. The third-order valence-electron chi connectivity index (χ3n) is 4.29. The number of benzene rings is 3. The third-order valence-corrected chi connectivity index (χ3v) is 5.23. The van der Waals surface area contributed by atoms with Gasteiger partial charge in [-0.2, -0.15) is 0 Å². The molecule has 0 saturated heterocycles. The van der Waals surface area contributed by atoms with Crippen LogP contribution in [0.2, 0.25) is 0 Å². The van der Waals surface area contributed by atoms with E-state index in [1.807, 2.05) is 30.3 Å². The van der Waals surface area contributed by atoms with Crippen LogP contribution in [0.5, 0.6) is 5.75 Å². The van der Waals surface area contributed by atoms with E-state index in [2.05, 4.69) is 20.9 Å². The van der Waals surface area contributed by atoms with Crippen LogP contribution in [-0.2, 0) is 6.54 Å². The van der Waals surface area contributed by atoms with Gasteiger partial charge in [0.1, 0.15) is 5.75 Å². The zero-order chi connectivity index (χ0) is 20.9. The van der Waals surface area contributed by atoms with Crippen molar-refractivity contribution in [2.75, 3.05) is 10.6 Å². The van der Waals surface area contributed by atoms with Gasteiger partial charge in [-0.05, 0) is 48.0 Å². The molecule has 0 aliphatic rings. The molecule has 4 rings (SSSR count). The second-order valence-electron chi connectivity index (χ2n) is 6.50. The van der Waals surface area contributed by atoms with Crippen molar-refractivity contribution in [1.82, 2.24) is 10.3 Å². The van der Waals surface area contributed by atoms with Crippen molar-refractivity contribution >= 4 is 44.3 Å². The number of nitrogens with one attached hydrogen (secondary N) is 3. The second-order valence-corrected chi connectivity index (χ2v) is 7.53. The van der Waals surface area contributed by atoms with Crippen molar-refractivity contribution in [3.05, 3.63) is 83.9 Å². The number of rotatable bonds is 5. The Hall–Kier alpha value is -3.91. The van der Waals surface area contributed by atoms with Crippen LogP contribution in [0.25, 0.3) is 10.2 Å². The lowest BCUT2D eigenvalue weighted by molar-refractivity contribution is 0.0951. The molecule has 1 aromatic heterocycles. The average Bonchev–Trinajstić information content (AvgIpc) is 3.14. The summed E-state index contributed by atoms with van der Waals surface area (Å²) < 4.78 is 0.774. The van der Waals surface area contributed by atoms with E-state index in [-0.39, 0.29) is 11.7 Å². The Kier molecular flexibility index (Phi) is 5.58. The third kappa shape index (κ3) is 4.73. The van der Waals surface area contributed by atoms with Crippen molar-refractivity contribution in [2.45, 2.75) is 6.54 Å². The Morgan fingerprint density at radius 2 is 1.70 bits per heavy atom.